The zero-order valence-electron chi connectivity index (χ0n) is 10.4. The number of carboxylic acid groups (broad SMARTS) is 1. The number of nitrogens with zero attached hydrogens (tertiary/aromatic N) is 3. The third kappa shape index (κ3) is 2.23. The van der Waals surface area contributed by atoms with Crippen LogP contribution in [-0.2, 0) is 0 Å². The molecule has 17 heavy (non-hydrogen) atoms. The van der Waals surface area contributed by atoms with E-state index in [1.807, 2.05) is 0 Å². The molecule has 92 valence electrons. The predicted octanol–water partition coefficient (Wildman–Crippen LogP) is 1.86. The summed E-state index contributed by atoms with van der Waals surface area (Å²) in [7, 11) is 0. The Balaban J connectivity index is 2.42. The summed E-state index contributed by atoms with van der Waals surface area (Å²) in [4.78, 5) is 21.5. The topological polar surface area (TPSA) is 66.3 Å². The molecule has 0 aliphatic carbocycles. The minimum absolute atomic E-state index is 0.00354. The first kappa shape index (κ1) is 11.8. The third-order valence-electron chi connectivity index (χ3n) is 3.20. The van der Waals surface area contributed by atoms with Crippen LogP contribution in [0.2, 0.25) is 0 Å². The zero-order valence-corrected chi connectivity index (χ0v) is 10.4. The highest BCUT2D eigenvalue weighted by Gasteiger charge is 2.34. The van der Waals surface area contributed by atoms with E-state index in [9.17, 15) is 4.79 Å². The fourth-order valence-corrected chi connectivity index (χ4v) is 2.26. The van der Waals surface area contributed by atoms with Gasteiger partial charge in [-0.15, -0.1) is 0 Å². The largest absolute Gasteiger partial charge is 0.477 e. The minimum atomic E-state index is -1.01. The first-order valence-corrected chi connectivity index (χ1v) is 5.77. The Kier molecular flexibility index (Phi) is 2.77. The van der Waals surface area contributed by atoms with E-state index in [1.165, 1.54) is 6.07 Å². The van der Waals surface area contributed by atoms with Crippen molar-refractivity contribution in [3.05, 3.63) is 17.5 Å². The van der Waals surface area contributed by atoms with Gasteiger partial charge in [0, 0.05) is 17.8 Å². The molecule has 2 heterocycles. The molecular formula is C12H17N3O2. The van der Waals surface area contributed by atoms with Crippen molar-refractivity contribution < 1.29 is 9.90 Å². The average Bonchev–Trinajstić information content (AvgIpc) is 2.57. The van der Waals surface area contributed by atoms with E-state index in [4.69, 9.17) is 5.11 Å². The standard InChI is InChI=1S/C12H17N3O2/c1-8-7-9(10(16)17)14-11(13-8)15-6-4-5-12(15,2)3/h7H,4-6H2,1-3H3,(H,16,17). The summed E-state index contributed by atoms with van der Waals surface area (Å²) in [6.45, 7) is 6.94. The van der Waals surface area contributed by atoms with Gasteiger partial charge in [0.05, 0.1) is 0 Å². The van der Waals surface area contributed by atoms with Gasteiger partial charge in [0.1, 0.15) is 0 Å². The van der Waals surface area contributed by atoms with Crippen molar-refractivity contribution in [2.24, 2.45) is 0 Å². The second-order valence-corrected chi connectivity index (χ2v) is 5.07. The molecule has 1 N–H and O–H groups in total. The summed E-state index contributed by atoms with van der Waals surface area (Å²) in [5.74, 6) is -0.473. The molecule has 5 nitrogen and oxygen atoms in total. The minimum Gasteiger partial charge on any atom is -0.477 e. The highest BCUT2D eigenvalue weighted by Crippen LogP contribution is 2.31. The lowest BCUT2D eigenvalue weighted by molar-refractivity contribution is 0.0690. The van der Waals surface area contributed by atoms with Gasteiger partial charge in [0.15, 0.2) is 5.69 Å². The van der Waals surface area contributed by atoms with E-state index in [1.54, 1.807) is 6.92 Å². The fraction of sp³-hybridized carbons (Fsp3) is 0.583. The highest BCUT2D eigenvalue weighted by atomic mass is 16.4. The monoisotopic (exact) mass is 235 g/mol. The molecular weight excluding hydrogens is 218 g/mol. The molecule has 0 saturated carbocycles. The van der Waals surface area contributed by atoms with E-state index in [-0.39, 0.29) is 11.2 Å². The Morgan fingerprint density at radius 3 is 2.71 bits per heavy atom. The Hall–Kier alpha value is -1.65. The molecule has 1 aliphatic heterocycles. The van der Waals surface area contributed by atoms with E-state index < -0.39 is 5.97 Å². The molecule has 1 fully saturated rings. The number of aromatic nitrogens is 2. The molecule has 0 spiro atoms. The lowest BCUT2D eigenvalue weighted by Crippen LogP contribution is -2.39. The number of aryl methyl sites for hydroxylation is 1. The molecule has 0 radical (unpaired) electrons. The summed E-state index contributed by atoms with van der Waals surface area (Å²) < 4.78 is 0. The van der Waals surface area contributed by atoms with Gasteiger partial charge in [-0.1, -0.05) is 0 Å². The van der Waals surface area contributed by atoms with Crippen LogP contribution in [-0.4, -0.2) is 33.1 Å². The third-order valence-corrected chi connectivity index (χ3v) is 3.20. The number of carboxylic acids is 1. The molecule has 1 aromatic rings. The van der Waals surface area contributed by atoms with Gasteiger partial charge in [-0.3, -0.25) is 0 Å². The smallest absolute Gasteiger partial charge is 0.354 e. The van der Waals surface area contributed by atoms with E-state index in [0.717, 1.165) is 19.4 Å². The van der Waals surface area contributed by atoms with Crippen LogP contribution < -0.4 is 4.90 Å². The Labute approximate surface area is 100 Å². The Bertz CT molecular complexity index is 457. The van der Waals surface area contributed by atoms with Gasteiger partial charge < -0.3 is 10.0 Å². The lowest BCUT2D eigenvalue weighted by atomic mass is 10.0. The molecule has 0 unspecified atom stereocenters. The van der Waals surface area contributed by atoms with Crippen LogP contribution >= 0.6 is 0 Å². The fourth-order valence-electron chi connectivity index (χ4n) is 2.26. The number of aromatic carboxylic acids is 1. The van der Waals surface area contributed by atoms with E-state index in [2.05, 4.69) is 28.7 Å². The van der Waals surface area contributed by atoms with Gasteiger partial charge in [0.25, 0.3) is 0 Å². The molecule has 0 bridgehead atoms. The van der Waals surface area contributed by atoms with Crippen LogP contribution in [0.5, 0.6) is 0 Å². The van der Waals surface area contributed by atoms with Crippen molar-refractivity contribution in [2.75, 3.05) is 11.4 Å². The van der Waals surface area contributed by atoms with Crippen molar-refractivity contribution in [3.63, 3.8) is 0 Å². The number of hydrogen-bond acceptors (Lipinski definition) is 4. The van der Waals surface area contributed by atoms with Gasteiger partial charge in [-0.05, 0) is 39.7 Å². The molecule has 1 saturated heterocycles. The van der Waals surface area contributed by atoms with Crippen LogP contribution in [0.4, 0.5) is 5.95 Å². The maximum atomic E-state index is 11.0. The summed E-state index contributed by atoms with van der Waals surface area (Å²) in [5.41, 5.74) is 0.758. The van der Waals surface area contributed by atoms with Crippen LogP contribution in [0.3, 0.4) is 0 Å². The van der Waals surface area contributed by atoms with E-state index in [0.29, 0.717) is 11.6 Å². The maximum absolute atomic E-state index is 11.0. The van der Waals surface area contributed by atoms with Crippen molar-refractivity contribution in [1.29, 1.82) is 0 Å². The molecule has 0 aromatic carbocycles. The molecule has 1 aromatic heterocycles. The maximum Gasteiger partial charge on any atom is 0.354 e. The highest BCUT2D eigenvalue weighted by molar-refractivity contribution is 5.85. The average molecular weight is 235 g/mol. The summed E-state index contributed by atoms with van der Waals surface area (Å²) in [6, 6.07) is 1.49. The van der Waals surface area contributed by atoms with Crippen molar-refractivity contribution >= 4 is 11.9 Å². The number of carbonyl (C=O) groups is 1. The van der Waals surface area contributed by atoms with Crippen LogP contribution in [0.1, 0.15) is 42.9 Å². The lowest BCUT2D eigenvalue weighted by Gasteiger charge is -2.31. The van der Waals surface area contributed by atoms with Crippen molar-refractivity contribution in [1.82, 2.24) is 9.97 Å². The molecule has 5 heteroatoms. The molecule has 0 atom stereocenters. The SMILES string of the molecule is Cc1cc(C(=O)O)nc(N2CCCC2(C)C)n1. The Morgan fingerprint density at radius 2 is 2.18 bits per heavy atom. The van der Waals surface area contributed by atoms with Crippen molar-refractivity contribution in [3.8, 4) is 0 Å². The van der Waals surface area contributed by atoms with E-state index >= 15 is 0 Å². The van der Waals surface area contributed by atoms with Crippen LogP contribution in [0.15, 0.2) is 6.07 Å². The summed E-state index contributed by atoms with van der Waals surface area (Å²) in [5, 5.41) is 9.00. The summed E-state index contributed by atoms with van der Waals surface area (Å²) in [6.07, 6.45) is 2.17. The number of anilines is 1. The normalized spacial score (nSPS) is 18.4. The second-order valence-electron chi connectivity index (χ2n) is 5.07. The Morgan fingerprint density at radius 1 is 1.47 bits per heavy atom. The second kappa shape index (κ2) is 3.98. The number of rotatable bonds is 2. The molecule has 2 rings (SSSR count). The first-order chi connectivity index (χ1) is 7.90. The van der Waals surface area contributed by atoms with Gasteiger partial charge >= 0.3 is 5.97 Å². The van der Waals surface area contributed by atoms with Gasteiger partial charge in [0.2, 0.25) is 5.95 Å². The quantitative estimate of drug-likeness (QED) is 0.847. The number of hydrogen-bond donors (Lipinski definition) is 1. The first-order valence-electron chi connectivity index (χ1n) is 5.77. The predicted molar refractivity (Wildman–Crippen MR) is 64.4 cm³/mol. The molecule has 1 aliphatic rings. The van der Waals surface area contributed by atoms with Crippen LogP contribution in [0.25, 0.3) is 0 Å². The van der Waals surface area contributed by atoms with Gasteiger partial charge in [-0.2, -0.15) is 0 Å². The van der Waals surface area contributed by atoms with Crippen molar-refractivity contribution in [2.45, 2.75) is 39.2 Å². The van der Waals surface area contributed by atoms with Gasteiger partial charge in [-0.25, -0.2) is 14.8 Å². The van der Waals surface area contributed by atoms with Crippen LogP contribution in [0, 0.1) is 6.92 Å². The zero-order chi connectivity index (χ0) is 12.6. The molecule has 0 amide bonds. The summed E-state index contributed by atoms with van der Waals surface area (Å²) >= 11 is 0.